The second-order valence-corrected chi connectivity index (χ2v) is 7.22. The number of nitrogens with two attached hydrogens (primary N) is 1. The average Bonchev–Trinajstić information content (AvgIpc) is 2.91. The zero-order valence-electron chi connectivity index (χ0n) is 12.6. The van der Waals surface area contributed by atoms with Gasteiger partial charge in [0.15, 0.2) is 0 Å². The third-order valence-electron chi connectivity index (χ3n) is 3.41. The quantitative estimate of drug-likeness (QED) is 0.774. The van der Waals surface area contributed by atoms with Crippen molar-refractivity contribution in [2.45, 2.75) is 32.7 Å². The van der Waals surface area contributed by atoms with Gasteiger partial charge in [-0.25, -0.2) is 9.97 Å². The van der Waals surface area contributed by atoms with Gasteiger partial charge in [-0.15, -0.1) is 11.3 Å². The molecule has 2 aromatic heterocycles. The molecule has 3 nitrogen and oxygen atoms in total. The standard InChI is InChI=1S/C17H19N3S/c1-17(2,3)15-14(10-18)21-16(20-15)13-9-8-11-6-4-5-7-12(11)19-13/h4-9H,10,18H2,1-3H3. The molecule has 0 radical (unpaired) electrons. The summed E-state index contributed by atoms with van der Waals surface area (Å²) in [6.45, 7) is 7.02. The molecule has 0 bridgehead atoms. The van der Waals surface area contributed by atoms with Crippen LogP contribution in [0.4, 0.5) is 0 Å². The predicted octanol–water partition coefficient (Wildman–Crippen LogP) is 4.11. The molecule has 108 valence electrons. The van der Waals surface area contributed by atoms with Gasteiger partial charge in [-0.3, -0.25) is 0 Å². The van der Waals surface area contributed by atoms with Gasteiger partial charge >= 0.3 is 0 Å². The van der Waals surface area contributed by atoms with Crippen LogP contribution in [0.15, 0.2) is 36.4 Å². The summed E-state index contributed by atoms with van der Waals surface area (Å²) in [5, 5.41) is 2.10. The first-order valence-electron chi connectivity index (χ1n) is 7.05. The number of fused-ring (bicyclic) bond motifs is 1. The highest BCUT2D eigenvalue weighted by Gasteiger charge is 2.23. The van der Waals surface area contributed by atoms with E-state index < -0.39 is 0 Å². The normalized spacial score (nSPS) is 12.0. The van der Waals surface area contributed by atoms with Crippen LogP contribution in [0.5, 0.6) is 0 Å². The third-order valence-corrected chi connectivity index (χ3v) is 4.51. The molecular weight excluding hydrogens is 278 g/mol. The summed E-state index contributed by atoms with van der Waals surface area (Å²) in [6, 6.07) is 12.3. The van der Waals surface area contributed by atoms with E-state index in [4.69, 9.17) is 15.7 Å². The van der Waals surface area contributed by atoms with Gasteiger partial charge < -0.3 is 5.73 Å². The molecule has 0 saturated carbocycles. The first kappa shape index (κ1) is 14.2. The number of hydrogen-bond acceptors (Lipinski definition) is 4. The molecule has 3 aromatic rings. The Labute approximate surface area is 128 Å². The molecule has 21 heavy (non-hydrogen) atoms. The van der Waals surface area contributed by atoms with Crippen LogP contribution in [0.1, 0.15) is 31.3 Å². The fraction of sp³-hybridized carbons (Fsp3) is 0.294. The summed E-state index contributed by atoms with van der Waals surface area (Å²) in [7, 11) is 0. The van der Waals surface area contributed by atoms with Gasteiger partial charge in [0.25, 0.3) is 0 Å². The van der Waals surface area contributed by atoms with Gasteiger partial charge in [-0.2, -0.15) is 0 Å². The van der Waals surface area contributed by atoms with Crippen LogP contribution < -0.4 is 5.73 Å². The van der Waals surface area contributed by atoms with Crippen LogP contribution in [0, 0.1) is 0 Å². The van der Waals surface area contributed by atoms with E-state index in [-0.39, 0.29) is 5.41 Å². The molecule has 0 fully saturated rings. The molecule has 2 heterocycles. The summed E-state index contributed by atoms with van der Waals surface area (Å²) in [4.78, 5) is 10.7. The maximum absolute atomic E-state index is 5.88. The van der Waals surface area contributed by atoms with Crippen LogP contribution in [-0.4, -0.2) is 9.97 Å². The van der Waals surface area contributed by atoms with Gasteiger partial charge in [0, 0.05) is 22.2 Å². The van der Waals surface area contributed by atoms with Crippen LogP contribution in [0.25, 0.3) is 21.6 Å². The van der Waals surface area contributed by atoms with Crippen molar-refractivity contribution >= 4 is 22.2 Å². The van der Waals surface area contributed by atoms with Gasteiger partial charge in [-0.05, 0) is 12.1 Å². The second kappa shape index (κ2) is 5.20. The fourth-order valence-corrected chi connectivity index (χ4v) is 3.49. The van der Waals surface area contributed by atoms with Crippen LogP contribution in [0.3, 0.4) is 0 Å². The molecule has 2 N–H and O–H groups in total. The van der Waals surface area contributed by atoms with Crippen LogP contribution >= 0.6 is 11.3 Å². The lowest BCUT2D eigenvalue weighted by Crippen LogP contribution is -2.15. The van der Waals surface area contributed by atoms with Crippen molar-refractivity contribution in [1.29, 1.82) is 0 Å². The lowest BCUT2D eigenvalue weighted by molar-refractivity contribution is 0.567. The molecule has 0 aliphatic carbocycles. The summed E-state index contributed by atoms with van der Waals surface area (Å²) >= 11 is 1.65. The maximum atomic E-state index is 5.88. The van der Waals surface area contributed by atoms with E-state index in [1.54, 1.807) is 11.3 Å². The minimum atomic E-state index is 0.000299. The number of aromatic nitrogens is 2. The first-order valence-corrected chi connectivity index (χ1v) is 7.87. The Bertz CT molecular complexity index is 784. The van der Waals surface area contributed by atoms with Gasteiger partial charge in [0.1, 0.15) is 5.01 Å². The molecule has 0 aliphatic rings. The van der Waals surface area contributed by atoms with Gasteiger partial charge in [-0.1, -0.05) is 45.0 Å². The zero-order chi connectivity index (χ0) is 15.0. The Morgan fingerprint density at radius 3 is 2.48 bits per heavy atom. The van der Waals surface area contributed by atoms with Crippen molar-refractivity contribution in [1.82, 2.24) is 9.97 Å². The van der Waals surface area contributed by atoms with Crippen molar-refractivity contribution in [2.24, 2.45) is 5.73 Å². The molecule has 3 rings (SSSR count). The average molecular weight is 297 g/mol. The number of pyridine rings is 1. The molecule has 0 saturated heterocycles. The van der Waals surface area contributed by atoms with E-state index in [2.05, 4.69) is 32.9 Å². The topological polar surface area (TPSA) is 51.8 Å². The Kier molecular flexibility index (Phi) is 3.51. The van der Waals surface area contributed by atoms with E-state index in [1.165, 1.54) is 0 Å². The van der Waals surface area contributed by atoms with Crippen molar-refractivity contribution < 1.29 is 0 Å². The fourth-order valence-electron chi connectivity index (χ4n) is 2.37. The third kappa shape index (κ3) is 2.69. The van der Waals surface area contributed by atoms with Crippen molar-refractivity contribution in [3.05, 3.63) is 47.0 Å². The molecule has 0 amide bonds. The molecule has 0 spiro atoms. The Hall–Kier alpha value is -1.78. The second-order valence-electron chi connectivity index (χ2n) is 6.13. The minimum Gasteiger partial charge on any atom is -0.326 e. The van der Waals surface area contributed by atoms with Crippen LogP contribution in [0.2, 0.25) is 0 Å². The lowest BCUT2D eigenvalue weighted by atomic mass is 9.91. The Balaban J connectivity index is 2.12. The number of para-hydroxylation sites is 1. The molecular formula is C17H19N3S. The van der Waals surface area contributed by atoms with Crippen molar-refractivity contribution in [2.75, 3.05) is 0 Å². The van der Waals surface area contributed by atoms with Gasteiger partial charge in [0.2, 0.25) is 0 Å². The first-order chi connectivity index (χ1) is 9.99. The highest BCUT2D eigenvalue weighted by Crippen LogP contribution is 2.34. The Morgan fingerprint density at radius 1 is 1.05 bits per heavy atom. The number of rotatable bonds is 2. The summed E-state index contributed by atoms with van der Waals surface area (Å²) < 4.78 is 0. The Morgan fingerprint density at radius 2 is 1.81 bits per heavy atom. The van der Waals surface area contributed by atoms with E-state index in [0.29, 0.717) is 6.54 Å². The number of hydrogen-bond donors (Lipinski definition) is 1. The highest BCUT2D eigenvalue weighted by atomic mass is 32.1. The molecule has 0 aliphatic heterocycles. The van der Waals surface area contributed by atoms with Crippen molar-refractivity contribution in [3.8, 4) is 10.7 Å². The SMILES string of the molecule is CC(C)(C)c1nc(-c2ccc3ccccc3n2)sc1CN. The molecule has 0 unspecified atom stereocenters. The maximum Gasteiger partial charge on any atom is 0.142 e. The number of benzene rings is 1. The van der Waals surface area contributed by atoms with E-state index in [1.807, 2.05) is 24.3 Å². The molecule has 0 atom stereocenters. The monoisotopic (exact) mass is 297 g/mol. The summed E-state index contributed by atoms with van der Waals surface area (Å²) in [5.41, 5.74) is 8.88. The summed E-state index contributed by atoms with van der Waals surface area (Å²) in [6.07, 6.45) is 0. The number of nitrogens with zero attached hydrogens (tertiary/aromatic N) is 2. The highest BCUT2D eigenvalue weighted by molar-refractivity contribution is 7.15. The largest absolute Gasteiger partial charge is 0.326 e. The smallest absolute Gasteiger partial charge is 0.142 e. The minimum absolute atomic E-state index is 0.000299. The van der Waals surface area contributed by atoms with E-state index in [9.17, 15) is 0 Å². The lowest BCUT2D eigenvalue weighted by Gasteiger charge is -2.16. The van der Waals surface area contributed by atoms with E-state index in [0.717, 1.165) is 32.2 Å². The number of thiazole rings is 1. The zero-order valence-corrected chi connectivity index (χ0v) is 13.4. The van der Waals surface area contributed by atoms with Crippen molar-refractivity contribution in [3.63, 3.8) is 0 Å². The van der Waals surface area contributed by atoms with Crippen LogP contribution in [-0.2, 0) is 12.0 Å². The van der Waals surface area contributed by atoms with E-state index >= 15 is 0 Å². The predicted molar refractivity (Wildman–Crippen MR) is 89.4 cm³/mol. The van der Waals surface area contributed by atoms with Gasteiger partial charge in [0.05, 0.1) is 16.9 Å². The molecule has 1 aromatic carbocycles. The molecule has 4 heteroatoms. The summed E-state index contributed by atoms with van der Waals surface area (Å²) in [5.74, 6) is 0.